The molecule has 0 bridgehead atoms. The van der Waals surface area contributed by atoms with Crippen LogP contribution >= 0.6 is 0 Å². The van der Waals surface area contributed by atoms with Crippen molar-refractivity contribution in [1.29, 1.82) is 0 Å². The van der Waals surface area contributed by atoms with Crippen LogP contribution in [-0.4, -0.2) is 47.4 Å². The van der Waals surface area contributed by atoms with Crippen LogP contribution in [0.3, 0.4) is 0 Å². The van der Waals surface area contributed by atoms with Gasteiger partial charge in [-0.25, -0.2) is 4.79 Å². The van der Waals surface area contributed by atoms with Crippen LogP contribution in [0.4, 0.5) is 4.79 Å². The molecule has 1 N–H and O–H groups in total. The van der Waals surface area contributed by atoms with E-state index < -0.39 is 0 Å². The number of imide groups is 1. The second-order valence-electron chi connectivity index (χ2n) is 4.99. The summed E-state index contributed by atoms with van der Waals surface area (Å²) < 4.78 is 0. The summed E-state index contributed by atoms with van der Waals surface area (Å²) in [6, 6.07) is 8.96. The van der Waals surface area contributed by atoms with Crippen LogP contribution < -0.4 is 5.32 Å². The van der Waals surface area contributed by atoms with Crippen LogP contribution in [-0.2, 0) is 4.79 Å². The van der Waals surface area contributed by atoms with Gasteiger partial charge in [-0.05, 0) is 12.5 Å². The van der Waals surface area contributed by atoms with Crippen LogP contribution in [0.5, 0.6) is 0 Å². The van der Waals surface area contributed by atoms with E-state index >= 15 is 0 Å². The minimum absolute atomic E-state index is 0.0893. The summed E-state index contributed by atoms with van der Waals surface area (Å²) in [4.78, 5) is 27.8. The minimum atomic E-state index is -0.326. The topological polar surface area (TPSA) is 52.7 Å². The lowest BCUT2D eigenvalue weighted by molar-refractivity contribution is -0.129. The summed E-state index contributed by atoms with van der Waals surface area (Å²) in [6.45, 7) is 3.82. The zero-order valence-corrected chi connectivity index (χ0v) is 10.9. The largest absolute Gasteiger partial charge is 0.328 e. The highest BCUT2D eigenvalue weighted by Crippen LogP contribution is 2.28. The fourth-order valence-corrected chi connectivity index (χ4v) is 2.78. The molecule has 3 rings (SSSR count). The maximum absolute atomic E-state index is 12.4. The van der Waals surface area contributed by atoms with Crippen molar-refractivity contribution in [3.8, 4) is 0 Å². The molecular formula is C14H17N3O2. The van der Waals surface area contributed by atoms with Crippen LogP contribution in [0.2, 0.25) is 0 Å². The first-order valence-electron chi connectivity index (χ1n) is 6.59. The molecule has 0 saturated carbocycles. The second-order valence-corrected chi connectivity index (χ2v) is 4.99. The number of piperazine rings is 1. The number of urea groups is 1. The highest BCUT2D eigenvalue weighted by atomic mass is 16.2. The number of nitrogens with zero attached hydrogens (tertiary/aromatic N) is 2. The molecule has 2 aliphatic heterocycles. The highest BCUT2D eigenvalue weighted by Gasteiger charge is 2.47. The number of carbonyl (C=O) groups excluding carboxylic acids is 2. The Morgan fingerprint density at radius 3 is 2.68 bits per heavy atom. The average molecular weight is 259 g/mol. The first-order valence-corrected chi connectivity index (χ1v) is 6.59. The lowest BCUT2D eigenvalue weighted by atomic mass is 10.1. The Hall–Kier alpha value is -1.88. The fourth-order valence-electron chi connectivity index (χ4n) is 2.78. The van der Waals surface area contributed by atoms with E-state index in [1.54, 1.807) is 4.90 Å². The molecule has 0 aromatic heterocycles. The number of carbonyl (C=O) groups is 2. The third-order valence-corrected chi connectivity index (χ3v) is 3.89. The van der Waals surface area contributed by atoms with Gasteiger partial charge in [0, 0.05) is 19.6 Å². The van der Waals surface area contributed by atoms with Crippen molar-refractivity contribution in [3.63, 3.8) is 0 Å². The van der Waals surface area contributed by atoms with E-state index in [9.17, 15) is 9.59 Å². The Morgan fingerprint density at radius 2 is 2.00 bits per heavy atom. The maximum atomic E-state index is 12.4. The van der Waals surface area contributed by atoms with Crippen LogP contribution in [0.15, 0.2) is 30.3 Å². The molecule has 2 heterocycles. The molecule has 2 saturated heterocycles. The standard InChI is InChI=1S/C14H17N3O2/c1-10(11-5-3-2-4-6-11)17-13(18)12-9-15-7-8-16(12)14(17)19/h2-6,10,12,15H,7-9H2,1H3/t10-,12-/m1/s1. The first-order chi connectivity index (χ1) is 9.20. The van der Waals surface area contributed by atoms with Gasteiger partial charge in [-0.2, -0.15) is 0 Å². The third kappa shape index (κ3) is 1.90. The summed E-state index contributed by atoms with van der Waals surface area (Å²) in [7, 11) is 0. The Balaban J connectivity index is 1.88. The van der Waals surface area contributed by atoms with Gasteiger partial charge < -0.3 is 10.2 Å². The second kappa shape index (κ2) is 4.66. The zero-order chi connectivity index (χ0) is 13.4. The minimum Gasteiger partial charge on any atom is -0.312 e. The lowest BCUT2D eigenvalue weighted by Crippen LogP contribution is -2.51. The van der Waals surface area contributed by atoms with Crippen molar-refractivity contribution in [1.82, 2.24) is 15.1 Å². The molecule has 3 amide bonds. The molecule has 100 valence electrons. The van der Waals surface area contributed by atoms with E-state index in [4.69, 9.17) is 0 Å². The van der Waals surface area contributed by atoms with Crippen LogP contribution in [0, 0.1) is 0 Å². The molecule has 0 spiro atoms. The predicted molar refractivity (Wildman–Crippen MR) is 70.5 cm³/mol. The van der Waals surface area contributed by atoms with E-state index in [1.807, 2.05) is 37.3 Å². The number of nitrogens with one attached hydrogen (secondary N) is 1. The molecule has 2 atom stereocenters. The number of rotatable bonds is 2. The van der Waals surface area contributed by atoms with Crippen molar-refractivity contribution < 1.29 is 9.59 Å². The number of benzene rings is 1. The molecule has 0 unspecified atom stereocenters. The summed E-state index contributed by atoms with van der Waals surface area (Å²) in [5, 5.41) is 3.16. The summed E-state index contributed by atoms with van der Waals surface area (Å²) >= 11 is 0. The summed E-state index contributed by atoms with van der Waals surface area (Å²) in [5.41, 5.74) is 0.983. The van der Waals surface area contributed by atoms with E-state index in [2.05, 4.69) is 5.32 Å². The van der Waals surface area contributed by atoms with Crippen molar-refractivity contribution in [2.24, 2.45) is 0 Å². The van der Waals surface area contributed by atoms with Gasteiger partial charge in [-0.1, -0.05) is 30.3 Å². The number of hydrogen-bond acceptors (Lipinski definition) is 3. The Kier molecular flexibility index (Phi) is 2.98. The number of amides is 3. The normalized spacial score (nSPS) is 24.6. The van der Waals surface area contributed by atoms with E-state index in [0.717, 1.165) is 12.1 Å². The van der Waals surface area contributed by atoms with Gasteiger partial charge in [-0.15, -0.1) is 0 Å². The lowest BCUT2D eigenvalue weighted by Gasteiger charge is -2.27. The highest BCUT2D eigenvalue weighted by molar-refractivity contribution is 6.04. The third-order valence-electron chi connectivity index (χ3n) is 3.89. The van der Waals surface area contributed by atoms with Gasteiger partial charge >= 0.3 is 6.03 Å². The molecule has 5 nitrogen and oxygen atoms in total. The molecule has 1 aromatic rings. The molecule has 5 heteroatoms. The first kappa shape index (κ1) is 12.2. The van der Waals surface area contributed by atoms with E-state index in [0.29, 0.717) is 13.1 Å². The predicted octanol–water partition coefficient (Wildman–Crippen LogP) is 0.984. The van der Waals surface area contributed by atoms with E-state index in [1.165, 1.54) is 4.90 Å². The van der Waals surface area contributed by atoms with Gasteiger partial charge in [0.05, 0.1) is 6.04 Å². The van der Waals surface area contributed by atoms with Gasteiger partial charge in [-0.3, -0.25) is 9.69 Å². The summed E-state index contributed by atoms with van der Waals surface area (Å²) in [6.07, 6.45) is 0. The molecular weight excluding hydrogens is 242 g/mol. The quantitative estimate of drug-likeness (QED) is 0.806. The van der Waals surface area contributed by atoms with Crippen molar-refractivity contribution >= 4 is 11.9 Å². The van der Waals surface area contributed by atoms with Gasteiger partial charge in [0.2, 0.25) is 0 Å². The van der Waals surface area contributed by atoms with Crippen LogP contribution in [0.1, 0.15) is 18.5 Å². The maximum Gasteiger partial charge on any atom is 0.328 e. The van der Waals surface area contributed by atoms with Gasteiger partial charge in [0.1, 0.15) is 6.04 Å². The average Bonchev–Trinajstić information content (AvgIpc) is 2.72. The molecule has 19 heavy (non-hydrogen) atoms. The van der Waals surface area contributed by atoms with Crippen molar-refractivity contribution in [2.45, 2.75) is 19.0 Å². The molecule has 2 aliphatic rings. The van der Waals surface area contributed by atoms with E-state index in [-0.39, 0.29) is 24.0 Å². The molecule has 2 fully saturated rings. The number of hydrogen-bond donors (Lipinski definition) is 1. The van der Waals surface area contributed by atoms with Gasteiger partial charge in [0.15, 0.2) is 0 Å². The Morgan fingerprint density at radius 1 is 1.26 bits per heavy atom. The molecule has 0 aliphatic carbocycles. The summed E-state index contributed by atoms with van der Waals surface area (Å²) in [5.74, 6) is -0.0893. The van der Waals surface area contributed by atoms with Crippen molar-refractivity contribution in [3.05, 3.63) is 35.9 Å². The SMILES string of the molecule is C[C@H](c1ccccc1)N1C(=O)[C@H]2CNCCN2C1=O. The monoisotopic (exact) mass is 259 g/mol. The Labute approximate surface area is 112 Å². The smallest absolute Gasteiger partial charge is 0.312 e. The molecule has 1 aromatic carbocycles. The van der Waals surface area contributed by atoms with Gasteiger partial charge in [0.25, 0.3) is 5.91 Å². The zero-order valence-electron chi connectivity index (χ0n) is 10.9. The van der Waals surface area contributed by atoms with Crippen molar-refractivity contribution in [2.75, 3.05) is 19.6 Å². The molecule has 0 radical (unpaired) electrons. The van der Waals surface area contributed by atoms with Crippen LogP contribution in [0.25, 0.3) is 0 Å². The Bertz CT molecular complexity index is 479. The fraction of sp³-hybridized carbons (Fsp3) is 0.429. The number of fused-ring (bicyclic) bond motifs is 1.